The summed E-state index contributed by atoms with van der Waals surface area (Å²) < 4.78 is 28.7. The summed E-state index contributed by atoms with van der Waals surface area (Å²) in [6.07, 6.45) is 0.569. The van der Waals surface area contributed by atoms with Gasteiger partial charge >= 0.3 is 0 Å². The number of rotatable bonds is 5. The third-order valence-corrected chi connectivity index (χ3v) is 4.04. The van der Waals surface area contributed by atoms with Crippen LogP contribution in [0.2, 0.25) is 5.02 Å². The predicted octanol–water partition coefficient (Wildman–Crippen LogP) is 5.27. The zero-order chi connectivity index (χ0) is 15.4. The lowest BCUT2D eigenvalue weighted by Gasteiger charge is -2.19. The van der Waals surface area contributed by atoms with Crippen molar-refractivity contribution in [3.8, 4) is 0 Å². The lowest BCUT2D eigenvalue weighted by Crippen LogP contribution is -2.24. The van der Waals surface area contributed by atoms with Gasteiger partial charge in [-0.3, -0.25) is 0 Å². The Labute approximate surface area is 136 Å². The molecule has 0 aliphatic rings. The summed E-state index contributed by atoms with van der Waals surface area (Å²) in [6.45, 7) is 2.59. The van der Waals surface area contributed by atoms with Crippen LogP contribution in [0.5, 0.6) is 0 Å². The SMILES string of the molecule is CCNC(Cc1ccc(Br)cc1)c1cc(F)c(Cl)cc1F. The second-order valence-electron chi connectivity index (χ2n) is 4.73. The van der Waals surface area contributed by atoms with Crippen molar-refractivity contribution in [2.75, 3.05) is 6.54 Å². The van der Waals surface area contributed by atoms with Crippen molar-refractivity contribution in [2.24, 2.45) is 0 Å². The van der Waals surface area contributed by atoms with E-state index < -0.39 is 11.6 Å². The predicted molar refractivity (Wildman–Crippen MR) is 85.6 cm³/mol. The summed E-state index contributed by atoms with van der Waals surface area (Å²) in [4.78, 5) is 0. The molecule has 0 fully saturated rings. The second-order valence-corrected chi connectivity index (χ2v) is 6.05. The summed E-state index contributed by atoms with van der Waals surface area (Å²) >= 11 is 8.98. The maximum Gasteiger partial charge on any atom is 0.142 e. The lowest BCUT2D eigenvalue weighted by atomic mass is 9.98. The highest BCUT2D eigenvalue weighted by atomic mass is 79.9. The van der Waals surface area contributed by atoms with Crippen LogP contribution in [0.1, 0.15) is 24.1 Å². The molecule has 112 valence electrons. The van der Waals surface area contributed by atoms with Gasteiger partial charge in [-0.2, -0.15) is 0 Å². The maximum absolute atomic E-state index is 14.1. The third-order valence-electron chi connectivity index (χ3n) is 3.22. The first-order chi connectivity index (χ1) is 10.0. The summed E-state index contributed by atoms with van der Waals surface area (Å²) in [5, 5.41) is 2.99. The zero-order valence-corrected chi connectivity index (χ0v) is 13.8. The van der Waals surface area contributed by atoms with E-state index in [0.29, 0.717) is 18.5 Å². The van der Waals surface area contributed by atoms with E-state index in [0.717, 1.165) is 16.1 Å². The van der Waals surface area contributed by atoms with Gasteiger partial charge in [0.25, 0.3) is 0 Å². The quantitative estimate of drug-likeness (QED) is 0.703. The molecule has 0 saturated heterocycles. The van der Waals surface area contributed by atoms with Gasteiger partial charge in [0, 0.05) is 16.1 Å². The van der Waals surface area contributed by atoms with Crippen molar-refractivity contribution in [2.45, 2.75) is 19.4 Å². The van der Waals surface area contributed by atoms with Crippen molar-refractivity contribution in [3.05, 3.63) is 68.7 Å². The van der Waals surface area contributed by atoms with Crippen molar-refractivity contribution in [3.63, 3.8) is 0 Å². The molecule has 0 aromatic heterocycles. The molecule has 1 nitrogen and oxygen atoms in total. The smallest absolute Gasteiger partial charge is 0.142 e. The van der Waals surface area contributed by atoms with Gasteiger partial charge in [0.05, 0.1) is 5.02 Å². The number of halogens is 4. The molecule has 0 spiro atoms. The van der Waals surface area contributed by atoms with Gasteiger partial charge < -0.3 is 5.32 Å². The molecule has 0 aliphatic carbocycles. The van der Waals surface area contributed by atoms with Crippen LogP contribution in [0, 0.1) is 11.6 Å². The standard InChI is InChI=1S/C16H15BrClF2N/c1-2-21-16(7-10-3-5-11(17)6-4-10)12-8-15(20)13(18)9-14(12)19/h3-6,8-9,16,21H,2,7H2,1H3. The molecule has 1 atom stereocenters. The van der Waals surface area contributed by atoms with Crippen molar-refractivity contribution >= 4 is 27.5 Å². The number of hydrogen-bond donors (Lipinski definition) is 1. The molecule has 2 aromatic carbocycles. The monoisotopic (exact) mass is 373 g/mol. The fraction of sp³-hybridized carbons (Fsp3) is 0.250. The van der Waals surface area contributed by atoms with Crippen LogP contribution in [0.15, 0.2) is 40.9 Å². The fourth-order valence-electron chi connectivity index (χ4n) is 2.20. The van der Waals surface area contributed by atoms with E-state index in [4.69, 9.17) is 11.6 Å². The van der Waals surface area contributed by atoms with Crippen molar-refractivity contribution in [1.82, 2.24) is 5.32 Å². The van der Waals surface area contributed by atoms with Gasteiger partial charge in [-0.25, -0.2) is 8.78 Å². The highest BCUT2D eigenvalue weighted by Crippen LogP contribution is 2.26. The molecule has 21 heavy (non-hydrogen) atoms. The highest BCUT2D eigenvalue weighted by Gasteiger charge is 2.18. The van der Waals surface area contributed by atoms with Gasteiger partial charge in [0.15, 0.2) is 0 Å². The van der Waals surface area contributed by atoms with E-state index in [2.05, 4.69) is 21.2 Å². The van der Waals surface area contributed by atoms with E-state index >= 15 is 0 Å². The maximum atomic E-state index is 14.1. The normalized spacial score (nSPS) is 12.4. The molecule has 0 amide bonds. The average Bonchev–Trinajstić information content (AvgIpc) is 2.45. The summed E-state index contributed by atoms with van der Waals surface area (Å²) in [5.41, 5.74) is 1.33. The van der Waals surface area contributed by atoms with Crippen LogP contribution in [-0.4, -0.2) is 6.54 Å². The van der Waals surface area contributed by atoms with Crippen LogP contribution < -0.4 is 5.32 Å². The summed E-state index contributed by atoms with van der Waals surface area (Å²) in [6, 6.07) is 9.66. The number of likely N-dealkylation sites (N-methyl/N-ethyl adjacent to an activating group) is 1. The van der Waals surface area contributed by atoms with E-state index in [9.17, 15) is 8.78 Å². The Kier molecular flexibility index (Phi) is 5.73. The van der Waals surface area contributed by atoms with Gasteiger partial charge in [0.2, 0.25) is 0 Å². The largest absolute Gasteiger partial charge is 0.310 e. The Bertz CT molecular complexity index is 616. The van der Waals surface area contributed by atoms with Gasteiger partial charge in [-0.05, 0) is 42.8 Å². The molecule has 1 N–H and O–H groups in total. The molecule has 1 unspecified atom stereocenters. The Morgan fingerprint density at radius 1 is 1.14 bits per heavy atom. The zero-order valence-electron chi connectivity index (χ0n) is 11.5. The molecule has 0 saturated carbocycles. The number of hydrogen-bond acceptors (Lipinski definition) is 1. The first-order valence-corrected chi connectivity index (χ1v) is 7.80. The number of nitrogens with one attached hydrogen (secondary N) is 1. The molecule has 2 rings (SSSR count). The Hall–Kier alpha value is -0.970. The van der Waals surface area contributed by atoms with E-state index in [1.807, 2.05) is 31.2 Å². The molecule has 0 bridgehead atoms. The van der Waals surface area contributed by atoms with E-state index in [-0.39, 0.29) is 11.1 Å². The molecular weight excluding hydrogens is 360 g/mol. The fourth-order valence-corrected chi connectivity index (χ4v) is 2.61. The second kappa shape index (κ2) is 7.34. The first kappa shape index (κ1) is 16.4. The van der Waals surface area contributed by atoms with Gasteiger partial charge in [-0.1, -0.05) is 46.6 Å². The van der Waals surface area contributed by atoms with Gasteiger partial charge in [0.1, 0.15) is 11.6 Å². The molecular formula is C16H15BrClF2N. The van der Waals surface area contributed by atoms with Gasteiger partial charge in [-0.15, -0.1) is 0 Å². The summed E-state index contributed by atoms with van der Waals surface area (Å²) in [5.74, 6) is -1.10. The molecule has 0 heterocycles. The topological polar surface area (TPSA) is 12.0 Å². The van der Waals surface area contributed by atoms with E-state index in [1.165, 1.54) is 6.07 Å². The summed E-state index contributed by atoms with van der Waals surface area (Å²) in [7, 11) is 0. The van der Waals surface area contributed by atoms with Crippen LogP contribution in [0.4, 0.5) is 8.78 Å². The van der Waals surface area contributed by atoms with Crippen LogP contribution in [0.3, 0.4) is 0 Å². The van der Waals surface area contributed by atoms with E-state index in [1.54, 1.807) is 0 Å². The van der Waals surface area contributed by atoms with Crippen molar-refractivity contribution in [1.29, 1.82) is 0 Å². The Morgan fingerprint density at radius 3 is 2.43 bits per heavy atom. The molecule has 0 aliphatic heterocycles. The minimum atomic E-state index is -0.605. The molecule has 2 aromatic rings. The number of benzene rings is 2. The first-order valence-electron chi connectivity index (χ1n) is 6.63. The van der Waals surface area contributed by atoms with Crippen LogP contribution >= 0.6 is 27.5 Å². The molecule has 0 radical (unpaired) electrons. The minimum Gasteiger partial charge on any atom is -0.310 e. The highest BCUT2D eigenvalue weighted by molar-refractivity contribution is 9.10. The lowest BCUT2D eigenvalue weighted by molar-refractivity contribution is 0.502. The van der Waals surface area contributed by atoms with Crippen molar-refractivity contribution < 1.29 is 8.78 Å². The molecule has 5 heteroatoms. The minimum absolute atomic E-state index is 0.199. The third kappa shape index (κ3) is 4.25. The van der Waals surface area contributed by atoms with Crippen LogP contribution in [0.25, 0.3) is 0 Å². The Balaban J connectivity index is 2.30. The average molecular weight is 375 g/mol. The Morgan fingerprint density at radius 2 is 1.81 bits per heavy atom. The van der Waals surface area contributed by atoms with Crippen LogP contribution in [-0.2, 0) is 6.42 Å².